The molecule has 1 N–H and O–H groups in total. The summed E-state index contributed by atoms with van der Waals surface area (Å²) in [4.78, 5) is 12.7. The fourth-order valence-electron chi connectivity index (χ4n) is 2.22. The first kappa shape index (κ1) is 15.4. The molecule has 106 valence electrons. The van der Waals surface area contributed by atoms with Gasteiger partial charge in [-0.15, -0.1) is 0 Å². The molecule has 0 saturated heterocycles. The first-order valence-electron chi connectivity index (χ1n) is 6.36. The summed E-state index contributed by atoms with van der Waals surface area (Å²) in [6.45, 7) is 8.33. The second kappa shape index (κ2) is 6.02. The van der Waals surface area contributed by atoms with Gasteiger partial charge in [0.1, 0.15) is 5.69 Å². The Bertz CT molecular complexity index is 452. The van der Waals surface area contributed by atoms with Crippen molar-refractivity contribution in [3.05, 3.63) is 33.9 Å². The van der Waals surface area contributed by atoms with E-state index in [2.05, 4.69) is 38.0 Å². The third kappa shape index (κ3) is 4.87. The lowest BCUT2D eigenvalue weighted by Crippen LogP contribution is -2.28. The van der Waals surface area contributed by atoms with Gasteiger partial charge in [-0.3, -0.25) is 10.1 Å². The van der Waals surface area contributed by atoms with Crippen LogP contribution in [-0.4, -0.2) is 30.5 Å². The maximum atomic E-state index is 10.9. The molecule has 1 aromatic rings. The predicted molar refractivity (Wildman–Crippen MR) is 78.4 cm³/mol. The van der Waals surface area contributed by atoms with E-state index in [0.29, 0.717) is 5.69 Å². The summed E-state index contributed by atoms with van der Waals surface area (Å²) in [5.41, 5.74) is 1.99. The van der Waals surface area contributed by atoms with Crippen LogP contribution in [0.3, 0.4) is 0 Å². The molecule has 0 aliphatic heterocycles. The van der Waals surface area contributed by atoms with Crippen molar-refractivity contribution < 1.29 is 4.92 Å². The molecule has 0 fully saturated rings. The fraction of sp³-hybridized carbons (Fsp3) is 0.571. The Hall–Kier alpha value is -1.62. The summed E-state index contributed by atoms with van der Waals surface area (Å²) in [7, 11) is 3.76. The van der Waals surface area contributed by atoms with Gasteiger partial charge >= 0.3 is 0 Å². The lowest BCUT2D eigenvalue weighted by molar-refractivity contribution is -0.384. The highest BCUT2D eigenvalue weighted by molar-refractivity contribution is 5.62. The van der Waals surface area contributed by atoms with Crippen molar-refractivity contribution in [3.8, 4) is 0 Å². The Morgan fingerprint density at radius 3 is 2.47 bits per heavy atom. The van der Waals surface area contributed by atoms with Crippen LogP contribution in [0.4, 0.5) is 11.4 Å². The maximum absolute atomic E-state index is 10.9. The highest BCUT2D eigenvalue weighted by Crippen LogP contribution is 2.25. The molecule has 0 aliphatic rings. The van der Waals surface area contributed by atoms with Crippen LogP contribution in [0.25, 0.3) is 0 Å². The Kier molecular flexibility index (Phi) is 4.89. The topological polar surface area (TPSA) is 58.4 Å². The normalized spacial score (nSPS) is 11.7. The van der Waals surface area contributed by atoms with E-state index in [0.717, 1.165) is 18.7 Å². The predicted octanol–water partition coefficient (Wildman–Crippen LogP) is 3.11. The van der Waals surface area contributed by atoms with Crippen LogP contribution in [0.2, 0.25) is 0 Å². The van der Waals surface area contributed by atoms with Crippen LogP contribution in [0.5, 0.6) is 0 Å². The number of nitrogens with one attached hydrogen (secondary N) is 1. The Morgan fingerprint density at radius 1 is 1.37 bits per heavy atom. The molecule has 0 radical (unpaired) electrons. The minimum absolute atomic E-state index is 0.115. The molecule has 0 aromatic heterocycles. The van der Waals surface area contributed by atoms with Crippen molar-refractivity contribution >= 4 is 11.4 Å². The van der Waals surface area contributed by atoms with Gasteiger partial charge in [0.25, 0.3) is 5.69 Å². The van der Waals surface area contributed by atoms with E-state index in [-0.39, 0.29) is 16.0 Å². The average molecular weight is 265 g/mol. The van der Waals surface area contributed by atoms with Gasteiger partial charge in [-0.2, -0.15) is 0 Å². The van der Waals surface area contributed by atoms with E-state index >= 15 is 0 Å². The molecule has 0 atom stereocenters. The van der Waals surface area contributed by atoms with E-state index < -0.39 is 0 Å². The summed E-state index contributed by atoms with van der Waals surface area (Å²) >= 11 is 0. The van der Waals surface area contributed by atoms with Crippen molar-refractivity contribution in [2.45, 2.75) is 27.3 Å². The number of rotatable bonds is 5. The molecular weight excluding hydrogens is 242 g/mol. The highest BCUT2D eigenvalue weighted by Gasteiger charge is 2.16. The zero-order valence-electron chi connectivity index (χ0n) is 12.4. The number of nitro benzene ring substituents is 1. The first-order valence-corrected chi connectivity index (χ1v) is 6.36. The standard InChI is InChI=1S/C14H23N3O2/c1-14(2,3)10-16(5)9-11-6-7-13(17(18)19)12(8-11)15-4/h6-8,15H,9-10H2,1-5H3. The van der Waals surface area contributed by atoms with Gasteiger partial charge in [0, 0.05) is 26.2 Å². The van der Waals surface area contributed by atoms with Crippen molar-refractivity contribution in [2.24, 2.45) is 5.41 Å². The van der Waals surface area contributed by atoms with E-state index in [1.807, 2.05) is 12.1 Å². The molecule has 1 rings (SSSR count). The minimum atomic E-state index is -0.367. The van der Waals surface area contributed by atoms with Crippen molar-refractivity contribution in [1.82, 2.24) is 4.90 Å². The van der Waals surface area contributed by atoms with E-state index in [9.17, 15) is 10.1 Å². The molecular formula is C14H23N3O2. The van der Waals surface area contributed by atoms with Crippen LogP contribution in [0.15, 0.2) is 18.2 Å². The van der Waals surface area contributed by atoms with Crippen LogP contribution >= 0.6 is 0 Å². The molecule has 5 heteroatoms. The van der Waals surface area contributed by atoms with Crippen LogP contribution in [-0.2, 0) is 6.54 Å². The van der Waals surface area contributed by atoms with Crippen LogP contribution < -0.4 is 5.32 Å². The monoisotopic (exact) mass is 265 g/mol. The number of benzene rings is 1. The number of hydrogen-bond donors (Lipinski definition) is 1. The van der Waals surface area contributed by atoms with E-state index in [4.69, 9.17) is 0 Å². The highest BCUT2D eigenvalue weighted by atomic mass is 16.6. The lowest BCUT2D eigenvalue weighted by atomic mass is 9.96. The van der Waals surface area contributed by atoms with E-state index in [1.165, 1.54) is 0 Å². The molecule has 19 heavy (non-hydrogen) atoms. The van der Waals surface area contributed by atoms with Crippen molar-refractivity contribution in [3.63, 3.8) is 0 Å². The third-order valence-electron chi connectivity index (χ3n) is 2.72. The number of hydrogen-bond acceptors (Lipinski definition) is 4. The molecule has 0 unspecified atom stereocenters. The molecule has 0 amide bonds. The average Bonchev–Trinajstić information content (AvgIpc) is 2.25. The second-order valence-corrected chi connectivity index (χ2v) is 6.09. The molecule has 0 aliphatic carbocycles. The third-order valence-corrected chi connectivity index (χ3v) is 2.72. The van der Waals surface area contributed by atoms with Gasteiger partial charge in [-0.1, -0.05) is 26.8 Å². The zero-order valence-corrected chi connectivity index (χ0v) is 12.4. The Labute approximate surface area is 114 Å². The maximum Gasteiger partial charge on any atom is 0.292 e. The van der Waals surface area contributed by atoms with Crippen LogP contribution in [0, 0.1) is 15.5 Å². The van der Waals surface area contributed by atoms with Gasteiger partial charge in [0.05, 0.1) is 4.92 Å². The van der Waals surface area contributed by atoms with Crippen molar-refractivity contribution in [1.29, 1.82) is 0 Å². The largest absolute Gasteiger partial charge is 0.383 e. The molecule has 0 spiro atoms. The summed E-state index contributed by atoms with van der Waals surface area (Å²) in [6.07, 6.45) is 0. The first-order chi connectivity index (χ1) is 8.73. The summed E-state index contributed by atoms with van der Waals surface area (Å²) in [5.74, 6) is 0. The van der Waals surface area contributed by atoms with Gasteiger partial charge < -0.3 is 10.2 Å². The summed E-state index contributed by atoms with van der Waals surface area (Å²) < 4.78 is 0. The summed E-state index contributed by atoms with van der Waals surface area (Å²) in [6, 6.07) is 5.22. The Balaban J connectivity index is 2.83. The molecule has 5 nitrogen and oxygen atoms in total. The quantitative estimate of drug-likeness (QED) is 0.656. The summed E-state index contributed by atoms with van der Waals surface area (Å²) in [5, 5.41) is 13.7. The van der Waals surface area contributed by atoms with Crippen LogP contribution in [0.1, 0.15) is 26.3 Å². The number of anilines is 1. The smallest absolute Gasteiger partial charge is 0.292 e. The van der Waals surface area contributed by atoms with Crippen molar-refractivity contribution in [2.75, 3.05) is 26.0 Å². The second-order valence-electron chi connectivity index (χ2n) is 6.09. The van der Waals surface area contributed by atoms with Gasteiger partial charge in [-0.25, -0.2) is 0 Å². The molecule has 0 bridgehead atoms. The van der Waals surface area contributed by atoms with Gasteiger partial charge in [0.2, 0.25) is 0 Å². The number of nitrogens with zero attached hydrogens (tertiary/aromatic N) is 2. The molecule has 0 saturated carbocycles. The SMILES string of the molecule is CNc1cc(CN(C)CC(C)(C)C)ccc1[N+](=O)[O-]. The lowest BCUT2D eigenvalue weighted by Gasteiger charge is -2.26. The fourth-order valence-corrected chi connectivity index (χ4v) is 2.22. The minimum Gasteiger partial charge on any atom is -0.383 e. The molecule has 0 heterocycles. The van der Waals surface area contributed by atoms with Gasteiger partial charge in [0.15, 0.2) is 0 Å². The van der Waals surface area contributed by atoms with Gasteiger partial charge in [-0.05, 0) is 24.1 Å². The zero-order chi connectivity index (χ0) is 14.6. The van der Waals surface area contributed by atoms with E-state index in [1.54, 1.807) is 13.1 Å². The molecule has 1 aromatic carbocycles. The number of nitro groups is 1. The Morgan fingerprint density at radius 2 is 2.00 bits per heavy atom.